The number of thioether (sulfide) groups is 1. The number of hydrogen-bond acceptors (Lipinski definition) is 6. The first-order valence-corrected chi connectivity index (χ1v) is 9.85. The molecule has 0 unspecified atom stereocenters. The molecule has 1 amide bonds. The third-order valence-corrected chi connectivity index (χ3v) is 5.03. The van der Waals surface area contributed by atoms with E-state index in [9.17, 15) is 4.79 Å². The highest BCUT2D eigenvalue weighted by Crippen LogP contribution is 2.30. The van der Waals surface area contributed by atoms with E-state index in [0.29, 0.717) is 11.0 Å². The molecule has 0 saturated carbocycles. The molecule has 2 heterocycles. The van der Waals surface area contributed by atoms with Crippen LogP contribution in [0.5, 0.6) is 5.75 Å². The van der Waals surface area contributed by atoms with Crippen LogP contribution in [0, 0.1) is 0 Å². The molecule has 8 heteroatoms. The Labute approximate surface area is 168 Å². The molecular formula is C20H23N5O2S. The lowest BCUT2D eigenvalue weighted by atomic mass is 10.2. The Balaban J connectivity index is 2.00. The molecule has 146 valence electrons. The number of nitrogens with zero attached hydrogens (tertiary/aromatic N) is 4. The van der Waals surface area contributed by atoms with E-state index in [2.05, 4.69) is 20.5 Å². The van der Waals surface area contributed by atoms with Gasteiger partial charge in [0.15, 0.2) is 11.0 Å². The summed E-state index contributed by atoms with van der Waals surface area (Å²) in [5, 5.41) is 12.0. The Morgan fingerprint density at radius 2 is 1.75 bits per heavy atom. The van der Waals surface area contributed by atoms with Crippen LogP contribution in [-0.2, 0) is 4.79 Å². The second-order valence-corrected chi connectivity index (χ2v) is 7.81. The lowest BCUT2D eigenvalue weighted by molar-refractivity contribution is -0.120. The van der Waals surface area contributed by atoms with Gasteiger partial charge in [-0.25, -0.2) is 0 Å². The number of carbonyl (C=O) groups excluding carboxylic acids is 1. The molecule has 0 radical (unpaired) electrons. The molecule has 0 saturated heterocycles. The van der Waals surface area contributed by atoms with Crippen molar-refractivity contribution in [1.82, 2.24) is 25.1 Å². The van der Waals surface area contributed by atoms with Crippen LogP contribution in [0.15, 0.2) is 53.9 Å². The molecule has 0 bridgehead atoms. The summed E-state index contributed by atoms with van der Waals surface area (Å²) >= 11 is 1.37. The minimum absolute atomic E-state index is 0.0326. The third kappa shape index (κ3) is 4.51. The zero-order valence-electron chi connectivity index (χ0n) is 16.3. The summed E-state index contributed by atoms with van der Waals surface area (Å²) in [5.74, 6) is 1.42. The molecule has 0 aliphatic heterocycles. The summed E-state index contributed by atoms with van der Waals surface area (Å²) in [6.07, 6.45) is 3.43. The van der Waals surface area contributed by atoms with Gasteiger partial charge in [0, 0.05) is 29.7 Å². The van der Waals surface area contributed by atoms with E-state index in [1.807, 2.05) is 61.7 Å². The van der Waals surface area contributed by atoms with E-state index in [1.165, 1.54) is 11.8 Å². The topological polar surface area (TPSA) is 81.9 Å². The number of hydrogen-bond donors (Lipinski definition) is 1. The van der Waals surface area contributed by atoms with E-state index in [1.54, 1.807) is 19.5 Å². The lowest BCUT2D eigenvalue weighted by Crippen LogP contribution is -2.36. The summed E-state index contributed by atoms with van der Waals surface area (Å²) in [6, 6.07) is 11.5. The van der Waals surface area contributed by atoms with Gasteiger partial charge in [-0.15, -0.1) is 10.2 Å². The van der Waals surface area contributed by atoms with Gasteiger partial charge in [0.25, 0.3) is 0 Å². The first kappa shape index (κ1) is 19.9. The first-order valence-electron chi connectivity index (χ1n) is 8.97. The fraction of sp³-hybridized carbons (Fsp3) is 0.300. The van der Waals surface area contributed by atoms with Gasteiger partial charge in [-0.2, -0.15) is 0 Å². The molecular weight excluding hydrogens is 374 g/mol. The van der Waals surface area contributed by atoms with E-state index in [4.69, 9.17) is 4.74 Å². The van der Waals surface area contributed by atoms with Crippen molar-refractivity contribution in [2.75, 3.05) is 7.11 Å². The van der Waals surface area contributed by atoms with Gasteiger partial charge in [0.2, 0.25) is 5.91 Å². The fourth-order valence-corrected chi connectivity index (χ4v) is 3.49. The van der Waals surface area contributed by atoms with Crippen molar-refractivity contribution in [1.29, 1.82) is 0 Å². The average Bonchev–Trinajstić information content (AvgIpc) is 3.11. The Morgan fingerprint density at radius 3 is 2.36 bits per heavy atom. The number of amides is 1. The number of methoxy groups -OCH3 is 1. The number of carbonyl (C=O) groups is 1. The Bertz CT molecular complexity index is 926. The lowest BCUT2D eigenvalue weighted by Gasteiger charge is -2.15. The number of nitrogens with one attached hydrogen (secondary N) is 1. The normalized spacial score (nSPS) is 12.0. The molecule has 1 atom stereocenters. The molecule has 1 aromatic carbocycles. The predicted molar refractivity (Wildman–Crippen MR) is 110 cm³/mol. The quantitative estimate of drug-likeness (QED) is 0.616. The van der Waals surface area contributed by atoms with E-state index >= 15 is 0 Å². The van der Waals surface area contributed by atoms with Gasteiger partial charge < -0.3 is 10.1 Å². The van der Waals surface area contributed by atoms with Crippen molar-refractivity contribution < 1.29 is 9.53 Å². The van der Waals surface area contributed by atoms with Crippen LogP contribution in [0.1, 0.15) is 20.8 Å². The number of benzene rings is 1. The van der Waals surface area contributed by atoms with Crippen molar-refractivity contribution in [2.45, 2.75) is 37.2 Å². The van der Waals surface area contributed by atoms with Crippen molar-refractivity contribution in [3.8, 4) is 22.8 Å². The van der Waals surface area contributed by atoms with E-state index in [0.717, 1.165) is 17.0 Å². The Hall–Kier alpha value is -2.87. The summed E-state index contributed by atoms with van der Waals surface area (Å²) in [4.78, 5) is 16.4. The molecule has 1 N–H and O–H groups in total. The average molecular weight is 398 g/mol. The molecule has 3 rings (SSSR count). The van der Waals surface area contributed by atoms with Crippen LogP contribution in [0.25, 0.3) is 17.1 Å². The highest BCUT2D eigenvalue weighted by molar-refractivity contribution is 8.00. The number of aromatic nitrogens is 4. The van der Waals surface area contributed by atoms with Gasteiger partial charge in [0.05, 0.1) is 12.4 Å². The molecule has 3 aromatic rings. The van der Waals surface area contributed by atoms with Gasteiger partial charge in [-0.3, -0.25) is 14.3 Å². The van der Waals surface area contributed by atoms with Crippen molar-refractivity contribution in [2.24, 2.45) is 0 Å². The summed E-state index contributed by atoms with van der Waals surface area (Å²) in [7, 11) is 1.63. The molecule has 0 aliphatic carbocycles. The predicted octanol–water partition coefficient (Wildman–Crippen LogP) is 3.34. The second-order valence-electron chi connectivity index (χ2n) is 6.50. The molecule has 2 aromatic heterocycles. The number of pyridine rings is 1. The number of rotatable bonds is 7. The minimum atomic E-state index is -0.311. The molecule has 0 aliphatic rings. The molecule has 7 nitrogen and oxygen atoms in total. The van der Waals surface area contributed by atoms with Gasteiger partial charge in [-0.1, -0.05) is 11.8 Å². The van der Waals surface area contributed by atoms with Crippen LogP contribution in [0.3, 0.4) is 0 Å². The third-order valence-electron chi connectivity index (χ3n) is 3.98. The maximum absolute atomic E-state index is 12.4. The SMILES string of the molecule is COc1ccc(-n2c(S[C@H](C)C(=O)NC(C)C)nnc2-c2ccncc2)cc1. The van der Waals surface area contributed by atoms with Gasteiger partial charge in [0.1, 0.15) is 5.75 Å². The maximum atomic E-state index is 12.4. The molecule has 28 heavy (non-hydrogen) atoms. The van der Waals surface area contributed by atoms with Crippen LogP contribution in [-0.4, -0.2) is 44.1 Å². The van der Waals surface area contributed by atoms with Crippen LogP contribution in [0.2, 0.25) is 0 Å². The fourth-order valence-electron chi connectivity index (χ4n) is 2.61. The van der Waals surface area contributed by atoms with Gasteiger partial charge >= 0.3 is 0 Å². The molecule has 0 spiro atoms. The zero-order valence-corrected chi connectivity index (χ0v) is 17.1. The summed E-state index contributed by atoms with van der Waals surface area (Å²) in [5.41, 5.74) is 1.78. The van der Waals surface area contributed by atoms with Crippen LogP contribution < -0.4 is 10.1 Å². The Kier molecular flexibility index (Phi) is 6.30. The summed E-state index contributed by atoms with van der Waals surface area (Å²) < 4.78 is 7.20. The summed E-state index contributed by atoms with van der Waals surface area (Å²) in [6.45, 7) is 5.74. The largest absolute Gasteiger partial charge is 0.497 e. The number of ether oxygens (including phenoxy) is 1. The second kappa shape index (κ2) is 8.88. The standard InChI is InChI=1S/C20H23N5O2S/c1-13(2)22-19(26)14(3)28-20-24-23-18(15-9-11-21-12-10-15)25(20)16-5-7-17(27-4)8-6-16/h5-14H,1-4H3,(H,22,26)/t14-/m1/s1. The minimum Gasteiger partial charge on any atom is -0.497 e. The smallest absolute Gasteiger partial charge is 0.233 e. The first-order chi connectivity index (χ1) is 13.5. The van der Waals surface area contributed by atoms with Crippen molar-refractivity contribution >= 4 is 17.7 Å². The monoisotopic (exact) mass is 397 g/mol. The van der Waals surface area contributed by atoms with Crippen LogP contribution >= 0.6 is 11.8 Å². The molecule has 0 fully saturated rings. The van der Waals surface area contributed by atoms with Crippen molar-refractivity contribution in [3.05, 3.63) is 48.8 Å². The maximum Gasteiger partial charge on any atom is 0.233 e. The van der Waals surface area contributed by atoms with Gasteiger partial charge in [-0.05, 0) is 57.2 Å². The highest BCUT2D eigenvalue weighted by Gasteiger charge is 2.22. The Morgan fingerprint density at radius 1 is 1.07 bits per heavy atom. The van der Waals surface area contributed by atoms with Crippen LogP contribution in [0.4, 0.5) is 0 Å². The van der Waals surface area contributed by atoms with Crippen molar-refractivity contribution in [3.63, 3.8) is 0 Å². The van der Waals surface area contributed by atoms with E-state index < -0.39 is 0 Å². The van der Waals surface area contributed by atoms with E-state index in [-0.39, 0.29) is 17.2 Å². The highest BCUT2D eigenvalue weighted by atomic mass is 32.2. The zero-order chi connectivity index (χ0) is 20.1.